The Bertz CT molecular complexity index is 812. The van der Waals surface area contributed by atoms with E-state index in [-0.39, 0.29) is 17.6 Å². The molecule has 0 saturated carbocycles. The quantitative estimate of drug-likeness (QED) is 0.696. The topological polar surface area (TPSA) is 70.2 Å². The van der Waals surface area contributed by atoms with Crippen molar-refractivity contribution >= 4 is 5.91 Å². The van der Waals surface area contributed by atoms with Crippen molar-refractivity contribution in [1.82, 2.24) is 20.2 Å². The maximum absolute atomic E-state index is 12.3. The molecule has 0 bridgehead atoms. The summed E-state index contributed by atoms with van der Waals surface area (Å²) < 4.78 is 6.46. The summed E-state index contributed by atoms with van der Waals surface area (Å²) in [7, 11) is 0. The zero-order valence-electron chi connectivity index (χ0n) is 18.0. The highest BCUT2D eigenvalue weighted by Crippen LogP contribution is 2.39. The number of carbonyl (C=O) groups is 1. The van der Waals surface area contributed by atoms with Crippen molar-refractivity contribution in [3.8, 4) is 0 Å². The third kappa shape index (κ3) is 5.29. The summed E-state index contributed by atoms with van der Waals surface area (Å²) in [5, 5.41) is 3.04. The number of unbranched alkanes of at least 4 members (excludes halogenated alkanes) is 1. The molecule has 0 aliphatic carbocycles. The minimum Gasteiger partial charge on any atom is -0.370 e. The molecule has 6 nitrogen and oxygen atoms in total. The molecule has 1 unspecified atom stereocenters. The molecule has 1 aromatic heterocycles. The summed E-state index contributed by atoms with van der Waals surface area (Å²) in [5.74, 6) is 1.09. The van der Waals surface area contributed by atoms with Gasteiger partial charge in [0.05, 0.1) is 11.7 Å². The Morgan fingerprint density at radius 2 is 2.07 bits per heavy atom. The Morgan fingerprint density at radius 3 is 2.83 bits per heavy atom. The average Bonchev–Trinajstić information content (AvgIpc) is 3.40. The molecular formula is C24H34N4O2. The van der Waals surface area contributed by atoms with Crippen molar-refractivity contribution in [2.45, 2.75) is 70.1 Å². The monoisotopic (exact) mass is 410 g/mol. The molecule has 1 amide bonds. The molecule has 4 rings (SSSR count). The minimum absolute atomic E-state index is 0.00108. The molecule has 2 aliphatic heterocycles. The molecule has 0 radical (unpaired) electrons. The largest absolute Gasteiger partial charge is 0.370 e. The van der Waals surface area contributed by atoms with Crippen LogP contribution >= 0.6 is 0 Å². The van der Waals surface area contributed by atoms with Gasteiger partial charge < -0.3 is 15.0 Å². The molecule has 1 spiro atoms. The number of nitrogens with one attached hydrogen (secondary N) is 2. The van der Waals surface area contributed by atoms with Gasteiger partial charge in [0.1, 0.15) is 5.82 Å². The summed E-state index contributed by atoms with van der Waals surface area (Å²) in [4.78, 5) is 22.8. The number of aromatic amines is 1. The number of nitrogens with zero attached hydrogens (tertiary/aromatic N) is 2. The fraction of sp³-hybridized carbons (Fsp3) is 0.583. The number of likely N-dealkylation sites (tertiary alicyclic amines) is 1. The van der Waals surface area contributed by atoms with Crippen LogP contribution in [0.1, 0.15) is 67.3 Å². The number of ether oxygens (including phenoxy) is 1. The normalized spacial score (nSPS) is 21.2. The lowest BCUT2D eigenvalue weighted by Gasteiger charge is -2.39. The van der Waals surface area contributed by atoms with Crippen LogP contribution in [-0.2, 0) is 17.7 Å². The van der Waals surface area contributed by atoms with Crippen LogP contribution in [0, 0.1) is 0 Å². The van der Waals surface area contributed by atoms with Crippen molar-refractivity contribution in [3.05, 3.63) is 53.6 Å². The van der Waals surface area contributed by atoms with Crippen LogP contribution in [0.15, 0.2) is 36.5 Å². The second-order valence-electron chi connectivity index (χ2n) is 8.77. The van der Waals surface area contributed by atoms with Crippen LogP contribution in [0.4, 0.5) is 0 Å². The number of hydrogen-bond acceptors (Lipinski definition) is 4. The lowest BCUT2D eigenvalue weighted by molar-refractivity contribution is -0.0765. The molecule has 2 N–H and O–H groups in total. The van der Waals surface area contributed by atoms with E-state index in [0.717, 1.165) is 57.6 Å². The molecule has 6 heteroatoms. The molecule has 3 heterocycles. The molecule has 2 fully saturated rings. The van der Waals surface area contributed by atoms with Crippen molar-refractivity contribution in [2.75, 3.05) is 19.6 Å². The third-order valence-electron chi connectivity index (χ3n) is 6.47. The van der Waals surface area contributed by atoms with Gasteiger partial charge in [-0.05, 0) is 44.2 Å². The molecule has 30 heavy (non-hydrogen) atoms. The van der Waals surface area contributed by atoms with E-state index in [4.69, 9.17) is 4.74 Å². The highest BCUT2D eigenvalue weighted by molar-refractivity contribution is 5.94. The van der Waals surface area contributed by atoms with Crippen LogP contribution in [0.2, 0.25) is 0 Å². The first-order valence-electron chi connectivity index (χ1n) is 11.4. The molecule has 2 saturated heterocycles. The predicted molar refractivity (Wildman–Crippen MR) is 117 cm³/mol. The highest BCUT2D eigenvalue weighted by Gasteiger charge is 2.42. The molecule has 1 atom stereocenters. The minimum atomic E-state index is -0.0205. The van der Waals surface area contributed by atoms with Gasteiger partial charge in [-0.25, -0.2) is 4.98 Å². The van der Waals surface area contributed by atoms with E-state index in [9.17, 15) is 4.79 Å². The van der Waals surface area contributed by atoms with Crippen molar-refractivity contribution < 1.29 is 9.53 Å². The Kier molecular flexibility index (Phi) is 6.85. The van der Waals surface area contributed by atoms with E-state index in [1.54, 1.807) is 0 Å². The van der Waals surface area contributed by atoms with E-state index in [1.807, 2.05) is 36.5 Å². The zero-order chi connectivity index (χ0) is 20.8. The van der Waals surface area contributed by atoms with E-state index in [2.05, 4.69) is 27.1 Å². The number of aryl methyl sites for hydroxylation is 1. The summed E-state index contributed by atoms with van der Waals surface area (Å²) >= 11 is 0. The maximum atomic E-state index is 12.3. The standard InChI is InChI=1S/C24H34N4O2/c1-2-3-9-22-25-16-20(27-22)18-28-14-12-24(13-15-28)11-10-21(30-24)17-26-23(29)19-7-5-4-6-8-19/h4-8,16,21H,2-3,9-15,17-18H2,1H3,(H,25,27)(H,26,29). The molecule has 1 aromatic carbocycles. The van der Waals surface area contributed by atoms with Gasteiger partial charge >= 0.3 is 0 Å². The number of amides is 1. The first-order chi connectivity index (χ1) is 14.7. The number of hydrogen-bond donors (Lipinski definition) is 2. The Morgan fingerprint density at radius 1 is 1.27 bits per heavy atom. The van der Waals surface area contributed by atoms with Gasteiger partial charge in [-0.15, -0.1) is 0 Å². The highest BCUT2D eigenvalue weighted by atomic mass is 16.5. The number of piperidine rings is 1. The van der Waals surface area contributed by atoms with Gasteiger partial charge in [0.2, 0.25) is 0 Å². The van der Waals surface area contributed by atoms with Crippen molar-refractivity contribution in [1.29, 1.82) is 0 Å². The summed E-state index contributed by atoms with van der Waals surface area (Å²) in [6.07, 6.45) is 9.78. The van der Waals surface area contributed by atoms with Crippen molar-refractivity contribution in [3.63, 3.8) is 0 Å². The average molecular weight is 411 g/mol. The fourth-order valence-corrected chi connectivity index (χ4v) is 4.62. The van der Waals surface area contributed by atoms with Gasteiger partial charge in [0.25, 0.3) is 5.91 Å². The first kappa shape index (κ1) is 21.1. The van der Waals surface area contributed by atoms with Crippen LogP contribution in [0.3, 0.4) is 0 Å². The van der Waals surface area contributed by atoms with Gasteiger partial charge in [0, 0.05) is 50.1 Å². The molecule has 2 aromatic rings. The zero-order valence-corrected chi connectivity index (χ0v) is 18.0. The Hall–Kier alpha value is -2.18. The summed E-state index contributed by atoms with van der Waals surface area (Å²) in [5.41, 5.74) is 1.92. The van der Waals surface area contributed by atoms with Crippen LogP contribution in [-0.4, -0.2) is 52.1 Å². The van der Waals surface area contributed by atoms with Gasteiger partial charge in [-0.1, -0.05) is 31.5 Å². The van der Waals surface area contributed by atoms with Gasteiger partial charge in [0.15, 0.2) is 0 Å². The lowest BCUT2D eigenvalue weighted by atomic mass is 9.88. The van der Waals surface area contributed by atoms with E-state index in [0.29, 0.717) is 12.1 Å². The molecular weight excluding hydrogens is 376 g/mol. The summed E-state index contributed by atoms with van der Waals surface area (Å²) in [6, 6.07) is 9.38. The Labute approximate surface area is 179 Å². The molecule has 162 valence electrons. The Balaban J connectivity index is 1.20. The van der Waals surface area contributed by atoms with Crippen LogP contribution < -0.4 is 5.32 Å². The van der Waals surface area contributed by atoms with E-state index >= 15 is 0 Å². The number of benzene rings is 1. The first-order valence-corrected chi connectivity index (χ1v) is 11.4. The SMILES string of the molecule is CCCCc1ncc(CN2CCC3(CCC(CNC(=O)c4ccccc4)O3)CC2)[nH]1. The molecule has 2 aliphatic rings. The van der Waals surface area contributed by atoms with E-state index in [1.165, 1.54) is 18.5 Å². The van der Waals surface area contributed by atoms with Crippen molar-refractivity contribution in [2.24, 2.45) is 0 Å². The number of aromatic nitrogens is 2. The smallest absolute Gasteiger partial charge is 0.251 e. The second kappa shape index (κ2) is 9.75. The third-order valence-corrected chi connectivity index (χ3v) is 6.47. The van der Waals surface area contributed by atoms with Crippen LogP contribution in [0.25, 0.3) is 0 Å². The van der Waals surface area contributed by atoms with E-state index < -0.39 is 0 Å². The number of rotatable bonds is 8. The lowest BCUT2D eigenvalue weighted by Crippen LogP contribution is -2.44. The second-order valence-corrected chi connectivity index (χ2v) is 8.77. The fourth-order valence-electron chi connectivity index (χ4n) is 4.62. The van der Waals surface area contributed by atoms with Gasteiger partial charge in [-0.3, -0.25) is 9.69 Å². The summed E-state index contributed by atoms with van der Waals surface area (Å²) in [6.45, 7) is 5.83. The number of imidazole rings is 1. The van der Waals surface area contributed by atoms with Gasteiger partial charge in [-0.2, -0.15) is 0 Å². The predicted octanol–water partition coefficient (Wildman–Crippen LogP) is 3.70. The van der Waals surface area contributed by atoms with Crippen LogP contribution in [0.5, 0.6) is 0 Å². The number of carbonyl (C=O) groups excluding carboxylic acids is 1. The maximum Gasteiger partial charge on any atom is 0.251 e. The number of H-pyrrole nitrogens is 1.